The predicted octanol–water partition coefficient (Wildman–Crippen LogP) is 3.16. The summed E-state index contributed by atoms with van der Waals surface area (Å²) in [5.74, 6) is 0.409. The Morgan fingerprint density at radius 3 is 2.62 bits per heavy atom. The molecule has 1 heterocycles. The van der Waals surface area contributed by atoms with Crippen LogP contribution in [0.15, 0.2) is 29.4 Å². The third-order valence-electron chi connectivity index (χ3n) is 4.29. The van der Waals surface area contributed by atoms with Crippen LogP contribution in [0.3, 0.4) is 0 Å². The number of nitrogens with one attached hydrogen (secondary N) is 1. The first-order valence-electron chi connectivity index (χ1n) is 8.17. The van der Waals surface area contributed by atoms with E-state index in [1.807, 2.05) is 18.5 Å². The highest BCUT2D eigenvalue weighted by atomic mass is 32.2. The molecule has 2 aromatic rings. The maximum absolute atomic E-state index is 13.0. The molecule has 1 aromatic carbocycles. The molecule has 0 spiro atoms. The van der Waals surface area contributed by atoms with E-state index in [-0.39, 0.29) is 17.0 Å². The van der Waals surface area contributed by atoms with Crippen molar-refractivity contribution in [3.63, 3.8) is 0 Å². The fourth-order valence-corrected chi connectivity index (χ4v) is 3.69. The molecule has 1 aliphatic rings. The van der Waals surface area contributed by atoms with Crippen molar-refractivity contribution in [1.29, 1.82) is 0 Å². The van der Waals surface area contributed by atoms with Crippen LogP contribution in [0.25, 0.3) is 11.4 Å². The highest BCUT2D eigenvalue weighted by molar-refractivity contribution is 8.00. The van der Waals surface area contributed by atoms with E-state index in [2.05, 4.69) is 15.5 Å². The van der Waals surface area contributed by atoms with E-state index in [4.69, 9.17) is 0 Å². The number of benzene rings is 1. The van der Waals surface area contributed by atoms with Gasteiger partial charge in [0.1, 0.15) is 5.82 Å². The van der Waals surface area contributed by atoms with E-state index < -0.39 is 0 Å². The summed E-state index contributed by atoms with van der Waals surface area (Å²) in [5, 5.41) is 11.9. The predicted molar refractivity (Wildman–Crippen MR) is 92.1 cm³/mol. The monoisotopic (exact) mass is 348 g/mol. The first-order valence-corrected chi connectivity index (χ1v) is 9.05. The van der Waals surface area contributed by atoms with Gasteiger partial charge in [0.05, 0.1) is 5.25 Å². The van der Waals surface area contributed by atoms with Gasteiger partial charge in [-0.05, 0) is 44.0 Å². The van der Waals surface area contributed by atoms with Crippen LogP contribution >= 0.6 is 11.8 Å². The average molecular weight is 348 g/mol. The Labute approximate surface area is 145 Å². The number of hydrogen-bond donors (Lipinski definition) is 1. The molecule has 0 bridgehead atoms. The maximum atomic E-state index is 13.0. The van der Waals surface area contributed by atoms with Crippen LogP contribution in [-0.4, -0.2) is 32.0 Å². The van der Waals surface area contributed by atoms with Gasteiger partial charge < -0.3 is 9.88 Å². The van der Waals surface area contributed by atoms with Crippen LogP contribution in [-0.2, 0) is 11.8 Å². The molecule has 1 aromatic heterocycles. The van der Waals surface area contributed by atoms with Gasteiger partial charge in [0.2, 0.25) is 5.91 Å². The van der Waals surface area contributed by atoms with Crippen molar-refractivity contribution < 1.29 is 9.18 Å². The molecule has 1 atom stereocenters. The van der Waals surface area contributed by atoms with Crippen LogP contribution in [0.5, 0.6) is 0 Å². The Balaban J connectivity index is 1.66. The second-order valence-corrected chi connectivity index (χ2v) is 7.43. The molecule has 1 aliphatic carbocycles. The van der Waals surface area contributed by atoms with Gasteiger partial charge in [0.15, 0.2) is 11.0 Å². The lowest BCUT2D eigenvalue weighted by Crippen LogP contribution is -2.37. The molecule has 1 N–H and O–H groups in total. The van der Waals surface area contributed by atoms with Gasteiger partial charge in [0.25, 0.3) is 0 Å². The zero-order valence-electron chi connectivity index (χ0n) is 13.8. The van der Waals surface area contributed by atoms with Crippen molar-refractivity contribution in [3.8, 4) is 11.4 Å². The molecule has 3 rings (SSSR count). The molecule has 0 unspecified atom stereocenters. The lowest BCUT2D eigenvalue weighted by Gasteiger charge is -2.16. The quantitative estimate of drug-likeness (QED) is 0.843. The molecular formula is C17H21FN4OS. The number of hydrogen-bond acceptors (Lipinski definition) is 4. The number of rotatable bonds is 5. The smallest absolute Gasteiger partial charge is 0.233 e. The summed E-state index contributed by atoms with van der Waals surface area (Å²) in [6.45, 7) is 1.88. The molecule has 128 valence electrons. The standard InChI is InChI=1S/C17H21FN4OS/c1-11(16(23)19-14-5-3-4-6-14)24-17-21-20-15(22(17)2)12-7-9-13(18)10-8-12/h7-11,14H,3-6H2,1-2H3,(H,19,23)/t11-/m0/s1. The van der Waals surface area contributed by atoms with Crippen molar-refractivity contribution in [2.75, 3.05) is 0 Å². The molecule has 1 amide bonds. The lowest BCUT2D eigenvalue weighted by atomic mass is 10.2. The molecule has 1 fully saturated rings. The Hall–Kier alpha value is -1.89. The number of thioether (sulfide) groups is 1. The largest absolute Gasteiger partial charge is 0.352 e. The van der Waals surface area contributed by atoms with E-state index in [0.29, 0.717) is 17.0 Å². The van der Waals surface area contributed by atoms with Gasteiger partial charge in [-0.1, -0.05) is 24.6 Å². The number of halogens is 1. The molecule has 1 saturated carbocycles. The Bertz CT molecular complexity index is 710. The fourth-order valence-electron chi connectivity index (χ4n) is 2.87. The van der Waals surface area contributed by atoms with E-state index in [1.54, 1.807) is 12.1 Å². The number of amides is 1. The van der Waals surface area contributed by atoms with Crippen LogP contribution in [0, 0.1) is 5.82 Å². The van der Waals surface area contributed by atoms with Crippen molar-refractivity contribution in [2.45, 2.75) is 49.1 Å². The van der Waals surface area contributed by atoms with E-state index in [1.165, 1.54) is 36.7 Å². The Kier molecular flexibility index (Phi) is 5.18. The van der Waals surface area contributed by atoms with Crippen LogP contribution in [0.2, 0.25) is 0 Å². The zero-order valence-corrected chi connectivity index (χ0v) is 14.6. The summed E-state index contributed by atoms with van der Waals surface area (Å²) in [6, 6.07) is 6.45. The zero-order chi connectivity index (χ0) is 17.1. The summed E-state index contributed by atoms with van der Waals surface area (Å²) in [6.07, 6.45) is 4.52. The third kappa shape index (κ3) is 3.77. The van der Waals surface area contributed by atoms with Crippen molar-refractivity contribution in [3.05, 3.63) is 30.1 Å². The minimum Gasteiger partial charge on any atom is -0.352 e. The molecule has 0 radical (unpaired) electrons. The highest BCUT2D eigenvalue weighted by Gasteiger charge is 2.23. The van der Waals surface area contributed by atoms with E-state index in [0.717, 1.165) is 18.4 Å². The van der Waals surface area contributed by atoms with Crippen LogP contribution in [0.1, 0.15) is 32.6 Å². The van der Waals surface area contributed by atoms with E-state index in [9.17, 15) is 9.18 Å². The summed E-state index contributed by atoms with van der Waals surface area (Å²) in [7, 11) is 1.85. The van der Waals surface area contributed by atoms with Crippen LogP contribution < -0.4 is 5.32 Å². The molecular weight excluding hydrogens is 327 g/mol. The number of aromatic nitrogens is 3. The van der Waals surface area contributed by atoms with Gasteiger partial charge in [-0.15, -0.1) is 10.2 Å². The molecule has 0 aliphatic heterocycles. The lowest BCUT2D eigenvalue weighted by molar-refractivity contribution is -0.120. The Morgan fingerprint density at radius 1 is 1.29 bits per heavy atom. The SMILES string of the molecule is C[C@H](Sc1nnc(-c2ccc(F)cc2)n1C)C(=O)NC1CCCC1. The van der Waals surface area contributed by atoms with Gasteiger partial charge in [-0.2, -0.15) is 0 Å². The highest BCUT2D eigenvalue weighted by Crippen LogP contribution is 2.26. The molecule has 0 saturated heterocycles. The van der Waals surface area contributed by atoms with Gasteiger partial charge in [-0.25, -0.2) is 4.39 Å². The minimum atomic E-state index is -0.285. The molecule has 24 heavy (non-hydrogen) atoms. The van der Waals surface area contributed by atoms with Crippen LogP contribution in [0.4, 0.5) is 4.39 Å². The second kappa shape index (κ2) is 7.34. The normalized spacial score (nSPS) is 16.3. The fraction of sp³-hybridized carbons (Fsp3) is 0.471. The summed E-state index contributed by atoms with van der Waals surface area (Å²) >= 11 is 1.38. The molecule has 5 nitrogen and oxygen atoms in total. The number of carbonyl (C=O) groups is 1. The summed E-state index contributed by atoms with van der Waals surface area (Å²) < 4.78 is 14.9. The van der Waals surface area contributed by atoms with Gasteiger partial charge in [-0.3, -0.25) is 4.79 Å². The van der Waals surface area contributed by atoms with Gasteiger partial charge in [0, 0.05) is 18.7 Å². The summed E-state index contributed by atoms with van der Waals surface area (Å²) in [4.78, 5) is 12.3. The first-order chi connectivity index (χ1) is 11.5. The second-order valence-electron chi connectivity index (χ2n) is 6.12. The van der Waals surface area contributed by atoms with Crippen molar-refractivity contribution in [1.82, 2.24) is 20.1 Å². The topological polar surface area (TPSA) is 59.8 Å². The van der Waals surface area contributed by atoms with Crippen molar-refractivity contribution in [2.24, 2.45) is 7.05 Å². The number of carbonyl (C=O) groups excluding carboxylic acids is 1. The summed E-state index contributed by atoms with van der Waals surface area (Å²) in [5.41, 5.74) is 0.793. The molecule has 7 heteroatoms. The Morgan fingerprint density at radius 2 is 1.96 bits per heavy atom. The van der Waals surface area contributed by atoms with Crippen molar-refractivity contribution >= 4 is 17.7 Å². The minimum absolute atomic E-state index is 0.0400. The third-order valence-corrected chi connectivity index (χ3v) is 5.42. The van der Waals surface area contributed by atoms with E-state index >= 15 is 0 Å². The van der Waals surface area contributed by atoms with Gasteiger partial charge >= 0.3 is 0 Å². The average Bonchev–Trinajstić information content (AvgIpc) is 3.19. The maximum Gasteiger partial charge on any atom is 0.233 e. The first kappa shape index (κ1) is 17.0. The number of nitrogens with zero attached hydrogens (tertiary/aromatic N) is 3.